The minimum atomic E-state index is -4.49. The third-order valence-corrected chi connectivity index (χ3v) is 4.01. The van der Waals surface area contributed by atoms with E-state index in [2.05, 4.69) is 30.9 Å². The van der Waals surface area contributed by atoms with E-state index in [-0.39, 0.29) is 5.95 Å². The Bertz CT molecular complexity index is 609. The summed E-state index contributed by atoms with van der Waals surface area (Å²) >= 11 is 0. The van der Waals surface area contributed by atoms with Crippen LogP contribution in [0.5, 0.6) is 0 Å². The molecule has 3 N–H and O–H groups in total. The van der Waals surface area contributed by atoms with Crippen LogP contribution in [-0.4, -0.2) is 69.0 Å². The molecule has 1 fully saturated rings. The summed E-state index contributed by atoms with van der Waals surface area (Å²) in [5.74, 6) is 1.05. The van der Waals surface area contributed by atoms with E-state index < -0.39 is 11.9 Å². The number of hydrogen-bond donors (Lipinski definition) is 3. The fourth-order valence-corrected chi connectivity index (χ4v) is 2.52. The average molecular weight is 404 g/mol. The minimum absolute atomic E-state index is 0.0654. The maximum absolute atomic E-state index is 12.6. The summed E-state index contributed by atoms with van der Waals surface area (Å²) in [5.41, 5.74) is -0.974. The molecule has 0 saturated carbocycles. The number of nitrogens with zero attached hydrogens (tertiary/aromatic N) is 3. The van der Waals surface area contributed by atoms with Gasteiger partial charge in [0.1, 0.15) is 5.69 Å². The first-order valence-corrected chi connectivity index (χ1v) is 9.23. The summed E-state index contributed by atoms with van der Waals surface area (Å²) in [4.78, 5) is 11.3. The Labute approximate surface area is 162 Å². The highest BCUT2D eigenvalue weighted by Gasteiger charge is 2.32. The van der Waals surface area contributed by atoms with Crippen LogP contribution < -0.4 is 16.0 Å². The Morgan fingerprint density at radius 1 is 1.32 bits per heavy atom. The van der Waals surface area contributed by atoms with E-state index >= 15 is 0 Å². The van der Waals surface area contributed by atoms with Gasteiger partial charge in [0, 0.05) is 52.0 Å². The van der Waals surface area contributed by atoms with Gasteiger partial charge in [0.25, 0.3) is 0 Å². The van der Waals surface area contributed by atoms with Crippen molar-refractivity contribution in [3.8, 4) is 0 Å². The van der Waals surface area contributed by atoms with Gasteiger partial charge in [-0.1, -0.05) is 0 Å². The first kappa shape index (κ1) is 22.2. The van der Waals surface area contributed by atoms with E-state index in [9.17, 15) is 13.2 Å². The lowest BCUT2D eigenvalue weighted by Crippen LogP contribution is -2.40. The van der Waals surface area contributed by atoms with Crippen molar-refractivity contribution in [3.63, 3.8) is 0 Å². The molecule has 1 aliphatic heterocycles. The Kier molecular flexibility index (Phi) is 9.21. The van der Waals surface area contributed by atoms with E-state index in [1.807, 2.05) is 0 Å². The normalized spacial score (nSPS) is 17.6. The second kappa shape index (κ2) is 11.6. The van der Waals surface area contributed by atoms with Gasteiger partial charge >= 0.3 is 6.18 Å². The monoisotopic (exact) mass is 404 g/mol. The lowest BCUT2D eigenvalue weighted by Gasteiger charge is -2.13. The van der Waals surface area contributed by atoms with Crippen molar-refractivity contribution in [1.82, 2.24) is 20.6 Å². The third-order valence-electron chi connectivity index (χ3n) is 4.01. The molecule has 1 saturated heterocycles. The fourth-order valence-electron chi connectivity index (χ4n) is 2.52. The first-order valence-electron chi connectivity index (χ1n) is 9.23. The number of guanidine groups is 1. The summed E-state index contributed by atoms with van der Waals surface area (Å²) in [6, 6.07) is 0.834. The molecular formula is C17H27F3N6O2. The molecule has 2 heterocycles. The Balaban J connectivity index is 1.54. The molecule has 0 bridgehead atoms. The van der Waals surface area contributed by atoms with Crippen molar-refractivity contribution >= 4 is 11.9 Å². The highest BCUT2D eigenvalue weighted by Crippen LogP contribution is 2.27. The van der Waals surface area contributed by atoms with E-state index in [1.165, 1.54) is 0 Å². The zero-order valence-corrected chi connectivity index (χ0v) is 15.9. The van der Waals surface area contributed by atoms with Gasteiger partial charge in [0.15, 0.2) is 5.96 Å². The second-order valence-corrected chi connectivity index (χ2v) is 6.27. The SMILES string of the molecule is CN=C(NCCCOCC1CCOC1)NCCNc1nccc(C(F)(F)F)n1. The summed E-state index contributed by atoms with van der Waals surface area (Å²) < 4.78 is 48.8. The van der Waals surface area contributed by atoms with Gasteiger partial charge in [-0.05, 0) is 18.9 Å². The number of halogens is 3. The van der Waals surface area contributed by atoms with Gasteiger partial charge in [-0.2, -0.15) is 13.2 Å². The molecule has 11 heteroatoms. The highest BCUT2D eigenvalue weighted by atomic mass is 19.4. The maximum Gasteiger partial charge on any atom is 0.433 e. The van der Waals surface area contributed by atoms with Crippen LogP contribution in [0.1, 0.15) is 18.5 Å². The zero-order valence-electron chi connectivity index (χ0n) is 15.9. The predicted molar refractivity (Wildman–Crippen MR) is 99.3 cm³/mol. The van der Waals surface area contributed by atoms with E-state index in [1.54, 1.807) is 7.05 Å². The Hall–Kier alpha value is -2.14. The summed E-state index contributed by atoms with van der Waals surface area (Å²) in [7, 11) is 1.65. The number of nitrogens with one attached hydrogen (secondary N) is 3. The van der Waals surface area contributed by atoms with E-state index in [0.717, 1.165) is 44.9 Å². The number of ether oxygens (including phenoxy) is 2. The van der Waals surface area contributed by atoms with Crippen molar-refractivity contribution in [3.05, 3.63) is 18.0 Å². The minimum Gasteiger partial charge on any atom is -0.381 e. The molecule has 0 spiro atoms. The molecule has 158 valence electrons. The fraction of sp³-hybridized carbons (Fsp3) is 0.706. The molecule has 1 unspecified atom stereocenters. The second-order valence-electron chi connectivity index (χ2n) is 6.27. The molecule has 1 aromatic heterocycles. The van der Waals surface area contributed by atoms with Crippen LogP contribution in [0.25, 0.3) is 0 Å². The van der Waals surface area contributed by atoms with Crippen molar-refractivity contribution in [2.45, 2.75) is 19.0 Å². The molecule has 1 aliphatic rings. The van der Waals surface area contributed by atoms with Gasteiger partial charge in [-0.15, -0.1) is 0 Å². The van der Waals surface area contributed by atoms with E-state index in [0.29, 0.717) is 38.1 Å². The molecule has 28 heavy (non-hydrogen) atoms. The number of aromatic nitrogens is 2. The van der Waals surface area contributed by atoms with Crippen LogP contribution >= 0.6 is 0 Å². The number of hydrogen-bond acceptors (Lipinski definition) is 6. The van der Waals surface area contributed by atoms with Crippen LogP contribution in [0.2, 0.25) is 0 Å². The highest BCUT2D eigenvalue weighted by molar-refractivity contribution is 5.79. The van der Waals surface area contributed by atoms with Crippen molar-refractivity contribution in [1.29, 1.82) is 0 Å². The first-order chi connectivity index (χ1) is 13.5. The molecule has 0 aliphatic carbocycles. The number of alkyl halides is 3. The maximum atomic E-state index is 12.6. The summed E-state index contributed by atoms with van der Waals surface area (Å²) in [6.07, 6.45) is -1.51. The van der Waals surface area contributed by atoms with Crippen LogP contribution in [0.4, 0.5) is 19.1 Å². The molecule has 1 aromatic rings. The molecule has 0 radical (unpaired) electrons. The lowest BCUT2D eigenvalue weighted by atomic mass is 10.1. The third kappa shape index (κ3) is 8.26. The van der Waals surface area contributed by atoms with Crippen LogP contribution in [0, 0.1) is 5.92 Å². The van der Waals surface area contributed by atoms with Gasteiger partial charge in [0.05, 0.1) is 13.2 Å². The number of aliphatic imine (C=N–C) groups is 1. The standard InChI is InChI=1S/C17H27F3N6O2/c1-21-15(22-5-2-9-27-11-13-4-10-28-12-13)24-7-8-25-16-23-6-3-14(26-16)17(18,19)20/h3,6,13H,2,4-5,7-12H2,1H3,(H2,21,22,24)(H,23,25,26). The van der Waals surface area contributed by atoms with Crippen LogP contribution in [-0.2, 0) is 15.7 Å². The van der Waals surface area contributed by atoms with Gasteiger partial charge in [-0.25, -0.2) is 9.97 Å². The van der Waals surface area contributed by atoms with Crippen LogP contribution in [0.15, 0.2) is 17.3 Å². The van der Waals surface area contributed by atoms with Gasteiger partial charge in [0.2, 0.25) is 5.95 Å². The molecule has 0 aromatic carbocycles. The van der Waals surface area contributed by atoms with Crippen molar-refractivity contribution in [2.24, 2.45) is 10.9 Å². The van der Waals surface area contributed by atoms with Gasteiger partial charge in [-0.3, -0.25) is 4.99 Å². The van der Waals surface area contributed by atoms with E-state index in [4.69, 9.17) is 9.47 Å². The van der Waals surface area contributed by atoms with Gasteiger partial charge < -0.3 is 25.4 Å². The molecule has 1 atom stereocenters. The van der Waals surface area contributed by atoms with Crippen molar-refractivity contribution < 1.29 is 22.6 Å². The number of anilines is 1. The van der Waals surface area contributed by atoms with Crippen molar-refractivity contribution in [2.75, 3.05) is 58.4 Å². The summed E-state index contributed by atoms with van der Waals surface area (Å²) in [5, 5.41) is 8.96. The molecular weight excluding hydrogens is 377 g/mol. The Morgan fingerprint density at radius 2 is 2.14 bits per heavy atom. The largest absolute Gasteiger partial charge is 0.433 e. The topological polar surface area (TPSA) is 92.7 Å². The summed E-state index contributed by atoms with van der Waals surface area (Å²) in [6.45, 7) is 4.49. The lowest BCUT2D eigenvalue weighted by molar-refractivity contribution is -0.141. The average Bonchev–Trinajstić information content (AvgIpc) is 3.19. The Morgan fingerprint density at radius 3 is 2.86 bits per heavy atom. The molecule has 2 rings (SSSR count). The quantitative estimate of drug-likeness (QED) is 0.309. The number of rotatable bonds is 10. The smallest absolute Gasteiger partial charge is 0.381 e. The molecule has 0 amide bonds. The molecule has 8 nitrogen and oxygen atoms in total. The van der Waals surface area contributed by atoms with Crippen LogP contribution in [0.3, 0.4) is 0 Å². The zero-order chi connectivity index (χ0) is 20.2. The predicted octanol–water partition coefficient (Wildman–Crippen LogP) is 1.52.